The summed E-state index contributed by atoms with van der Waals surface area (Å²) in [7, 11) is 3.73. The fourth-order valence-electron chi connectivity index (χ4n) is 1.19. The molecule has 0 aliphatic carbocycles. The number of anilines is 1. The largest absolute Gasteiger partial charge is 0.348 e. The molecule has 0 saturated carbocycles. The lowest BCUT2D eigenvalue weighted by Crippen LogP contribution is -2.19. The van der Waals surface area contributed by atoms with Crippen LogP contribution in [0.4, 0.5) is 5.95 Å². The van der Waals surface area contributed by atoms with E-state index in [0.717, 1.165) is 25.0 Å². The van der Waals surface area contributed by atoms with Crippen LogP contribution in [0.1, 0.15) is 25.5 Å². The minimum absolute atomic E-state index is 0.0743. The summed E-state index contributed by atoms with van der Waals surface area (Å²) in [6.07, 6.45) is 3.07. The summed E-state index contributed by atoms with van der Waals surface area (Å²) in [5.74, 6) is 0.628. The van der Waals surface area contributed by atoms with Gasteiger partial charge < -0.3 is 4.90 Å². The van der Waals surface area contributed by atoms with Crippen LogP contribution in [-0.4, -0.2) is 24.1 Å². The van der Waals surface area contributed by atoms with Crippen molar-refractivity contribution in [3.05, 3.63) is 22.1 Å². The van der Waals surface area contributed by atoms with E-state index < -0.39 is 0 Å². The molecule has 1 rings (SSSR count). The highest BCUT2D eigenvalue weighted by molar-refractivity contribution is 5.27. The molecule has 1 aromatic heterocycles. The number of H-pyrrole nitrogens is 1. The van der Waals surface area contributed by atoms with Crippen LogP contribution in [0, 0.1) is 0 Å². The molecule has 1 N–H and O–H groups in total. The van der Waals surface area contributed by atoms with Gasteiger partial charge in [0.2, 0.25) is 5.95 Å². The van der Waals surface area contributed by atoms with Crippen LogP contribution in [0.3, 0.4) is 0 Å². The van der Waals surface area contributed by atoms with E-state index in [1.54, 1.807) is 11.0 Å². The minimum Gasteiger partial charge on any atom is -0.348 e. The molecule has 0 unspecified atom stereocenters. The molecule has 1 aromatic rings. The van der Waals surface area contributed by atoms with Crippen molar-refractivity contribution in [2.75, 3.05) is 19.0 Å². The highest BCUT2D eigenvalue weighted by Gasteiger charge is 2.02. The highest BCUT2D eigenvalue weighted by atomic mass is 16.1. The van der Waals surface area contributed by atoms with Crippen LogP contribution in [-0.2, 0) is 6.42 Å². The zero-order chi connectivity index (χ0) is 10.6. The number of hydrogen-bond donors (Lipinski definition) is 1. The quantitative estimate of drug-likeness (QED) is 0.784. The maximum absolute atomic E-state index is 11.3. The summed E-state index contributed by atoms with van der Waals surface area (Å²) in [6, 6.07) is 1.57. The van der Waals surface area contributed by atoms with E-state index in [-0.39, 0.29) is 5.56 Å². The lowest BCUT2D eigenvalue weighted by molar-refractivity contribution is 0.768. The maximum atomic E-state index is 11.3. The van der Waals surface area contributed by atoms with Gasteiger partial charge >= 0.3 is 0 Å². The van der Waals surface area contributed by atoms with Crippen molar-refractivity contribution >= 4 is 5.95 Å². The lowest BCUT2D eigenvalue weighted by atomic mass is 10.2. The van der Waals surface area contributed by atoms with Crippen LogP contribution in [0.15, 0.2) is 10.9 Å². The second-order valence-electron chi connectivity index (χ2n) is 3.56. The number of aryl methyl sites for hydroxylation is 1. The second kappa shape index (κ2) is 4.79. The Hall–Kier alpha value is -1.32. The first-order valence-electron chi connectivity index (χ1n) is 4.91. The molecule has 0 amide bonds. The molecule has 0 aliphatic heterocycles. The van der Waals surface area contributed by atoms with Gasteiger partial charge in [-0.25, -0.2) is 4.98 Å². The Morgan fingerprint density at radius 2 is 2.21 bits per heavy atom. The monoisotopic (exact) mass is 195 g/mol. The topological polar surface area (TPSA) is 49.0 Å². The van der Waals surface area contributed by atoms with E-state index in [2.05, 4.69) is 16.9 Å². The van der Waals surface area contributed by atoms with Crippen LogP contribution in [0.25, 0.3) is 0 Å². The van der Waals surface area contributed by atoms with Gasteiger partial charge in [0, 0.05) is 25.9 Å². The molecule has 0 aromatic carbocycles. The zero-order valence-corrected chi connectivity index (χ0v) is 9.00. The third kappa shape index (κ3) is 2.87. The smallest absolute Gasteiger partial charge is 0.252 e. The number of rotatable bonds is 4. The van der Waals surface area contributed by atoms with E-state index in [9.17, 15) is 4.79 Å². The van der Waals surface area contributed by atoms with Crippen LogP contribution in [0.2, 0.25) is 0 Å². The Morgan fingerprint density at radius 3 is 2.79 bits per heavy atom. The summed E-state index contributed by atoms with van der Waals surface area (Å²) < 4.78 is 0. The van der Waals surface area contributed by atoms with Crippen LogP contribution < -0.4 is 10.5 Å². The molecule has 14 heavy (non-hydrogen) atoms. The molecule has 1 heterocycles. The minimum atomic E-state index is -0.0743. The maximum Gasteiger partial charge on any atom is 0.252 e. The van der Waals surface area contributed by atoms with Crippen LogP contribution in [0.5, 0.6) is 0 Å². The summed E-state index contributed by atoms with van der Waals surface area (Å²) in [5, 5.41) is 0. The van der Waals surface area contributed by atoms with Gasteiger partial charge in [-0.3, -0.25) is 9.78 Å². The molecule has 4 nitrogen and oxygen atoms in total. The Balaban J connectivity index is 2.90. The molecule has 0 aliphatic rings. The fourth-order valence-corrected chi connectivity index (χ4v) is 1.19. The zero-order valence-electron chi connectivity index (χ0n) is 9.00. The van der Waals surface area contributed by atoms with Crippen molar-refractivity contribution in [2.24, 2.45) is 0 Å². The molecule has 0 fully saturated rings. The van der Waals surface area contributed by atoms with Gasteiger partial charge in [0.05, 0.1) is 0 Å². The summed E-state index contributed by atoms with van der Waals surface area (Å²) >= 11 is 0. The van der Waals surface area contributed by atoms with Gasteiger partial charge in [0.15, 0.2) is 0 Å². The molecule has 0 atom stereocenters. The van der Waals surface area contributed by atoms with Gasteiger partial charge in [-0.1, -0.05) is 13.3 Å². The number of aromatic nitrogens is 2. The van der Waals surface area contributed by atoms with E-state index in [1.807, 2.05) is 14.1 Å². The van der Waals surface area contributed by atoms with Crippen LogP contribution >= 0.6 is 0 Å². The first-order chi connectivity index (χ1) is 6.63. The Labute approximate surface area is 84.0 Å². The third-order valence-electron chi connectivity index (χ3n) is 1.99. The Morgan fingerprint density at radius 1 is 1.50 bits per heavy atom. The first kappa shape index (κ1) is 10.8. The third-order valence-corrected chi connectivity index (χ3v) is 1.99. The number of nitrogens with one attached hydrogen (secondary N) is 1. The number of aromatic amines is 1. The van der Waals surface area contributed by atoms with E-state index in [4.69, 9.17) is 0 Å². The van der Waals surface area contributed by atoms with Crippen molar-refractivity contribution in [1.82, 2.24) is 9.97 Å². The standard InChI is InChI=1S/C10H17N3O/c1-4-5-6-8-7-9(14)12-10(11-8)13(2)3/h7H,4-6H2,1-3H3,(H,11,12,14). The molecular weight excluding hydrogens is 178 g/mol. The van der Waals surface area contributed by atoms with Gasteiger partial charge in [0.1, 0.15) is 0 Å². The molecular formula is C10H17N3O. The average molecular weight is 195 g/mol. The Kier molecular flexibility index (Phi) is 3.68. The van der Waals surface area contributed by atoms with Crippen molar-refractivity contribution in [1.29, 1.82) is 0 Å². The summed E-state index contributed by atoms with van der Waals surface area (Å²) in [5.41, 5.74) is 0.800. The van der Waals surface area contributed by atoms with Gasteiger partial charge in [-0.2, -0.15) is 0 Å². The second-order valence-corrected chi connectivity index (χ2v) is 3.56. The average Bonchev–Trinajstić information content (AvgIpc) is 2.14. The van der Waals surface area contributed by atoms with Crippen molar-refractivity contribution in [2.45, 2.75) is 26.2 Å². The molecule has 0 bridgehead atoms. The van der Waals surface area contributed by atoms with Crippen molar-refractivity contribution in [3.8, 4) is 0 Å². The highest BCUT2D eigenvalue weighted by Crippen LogP contribution is 2.03. The summed E-state index contributed by atoms with van der Waals surface area (Å²) in [6.45, 7) is 2.13. The predicted molar refractivity (Wildman–Crippen MR) is 57.8 cm³/mol. The number of hydrogen-bond acceptors (Lipinski definition) is 3. The molecule has 78 valence electrons. The van der Waals surface area contributed by atoms with E-state index in [0.29, 0.717) is 5.95 Å². The molecule has 4 heteroatoms. The normalized spacial score (nSPS) is 10.2. The molecule has 0 radical (unpaired) electrons. The van der Waals surface area contributed by atoms with E-state index in [1.165, 1.54) is 0 Å². The van der Waals surface area contributed by atoms with Crippen molar-refractivity contribution in [3.63, 3.8) is 0 Å². The number of unbranched alkanes of at least 4 members (excludes halogenated alkanes) is 1. The Bertz CT molecular complexity index is 343. The number of nitrogens with zero attached hydrogens (tertiary/aromatic N) is 2. The first-order valence-corrected chi connectivity index (χ1v) is 4.91. The molecule has 0 spiro atoms. The SMILES string of the molecule is CCCCc1cc(=O)[nH]c(N(C)C)n1. The van der Waals surface area contributed by atoms with Crippen molar-refractivity contribution < 1.29 is 0 Å². The summed E-state index contributed by atoms with van der Waals surface area (Å²) in [4.78, 5) is 20.1. The van der Waals surface area contributed by atoms with Gasteiger partial charge in [-0.05, 0) is 12.8 Å². The predicted octanol–water partition coefficient (Wildman–Crippen LogP) is 1.18. The van der Waals surface area contributed by atoms with Gasteiger partial charge in [-0.15, -0.1) is 0 Å². The molecule has 0 saturated heterocycles. The van der Waals surface area contributed by atoms with E-state index >= 15 is 0 Å². The fraction of sp³-hybridized carbons (Fsp3) is 0.600. The van der Waals surface area contributed by atoms with Gasteiger partial charge in [0.25, 0.3) is 5.56 Å². The lowest BCUT2D eigenvalue weighted by Gasteiger charge is -2.11.